The number of hydrogen-bond acceptors (Lipinski definition) is 3. The molecule has 2 rings (SSSR count). The van der Waals surface area contributed by atoms with Crippen molar-refractivity contribution in [3.8, 4) is 0 Å². The van der Waals surface area contributed by atoms with Crippen molar-refractivity contribution >= 4 is 11.6 Å². The Morgan fingerprint density at radius 3 is 2.73 bits per heavy atom. The molecule has 0 radical (unpaired) electrons. The van der Waals surface area contributed by atoms with E-state index in [1.807, 2.05) is 41.8 Å². The molecule has 22 heavy (non-hydrogen) atoms. The minimum atomic E-state index is -0.801. The van der Waals surface area contributed by atoms with Gasteiger partial charge in [0.1, 0.15) is 0 Å². The van der Waals surface area contributed by atoms with Gasteiger partial charge in [-0.25, -0.2) is 0 Å². The van der Waals surface area contributed by atoms with Crippen molar-refractivity contribution in [1.29, 1.82) is 0 Å². The number of hydrogen-bond donors (Lipinski definition) is 1. The maximum Gasteiger partial charge on any atom is 0.244 e. The van der Waals surface area contributed by atoms with Crippen molar-refractivity contribution in [2.45, 2.75) is 52.2 Å². The average molecular weight is 304 g/mol. The normalized spacial score (nSPS) is 16.5. The lowest BCUT2D eigenvalue weighted by Gasteiger charge is -2.37. The summed E-state index contributed by atoms with van der Waals surface area (Å²) in [6, 6.07) is 7.92. The minimum absolute atomic E-state index is 0.123. The van der Waals surface area contributed by atoms with Crippen molar-refractivity contribution in [3.63, 3.8) is 0 Å². The van der Waals surface area contributed by atoms with Gasteiger partial charge < -0.3 is 10.0 Å². The molecule has 0 spiro atoms. The zero-order valence-electron chi connectivity index (χ0n) is 14.2. The molecule has 1 aliphatic heterocycles. The van der Waals surface area contributed by atoms with Gasteiger partial charge in [0.05, 0.1) is 11.6 Å². The van der Waals surface area contributed by atoms with Crippen LogP contribution in [0, 0.1) is 0 Å². The molecule has 1 atom stereocenters. The number of para-hydroxylation sites is 1. The topological polar surface area (TPSA) is 43.8 Å². The van der Waals surface area contributed by atoms with Gasteiger partial charge in [-0.15, -0.1) is 0 Å². The number of likely N-dealkylation sites (N-methyl/N-ethyl adjacent to an activating group) is 1. The number of nitrogens with zero attached hydrogens (tertiary/aromatic N) is 2. The van der Waals surface area contributed by atoms with Crippen LogP contribution in [0.1, 0.15) is 39.7 Å². The van der Waals surface area contributed by atoms with E-state index in [4.69, 9.17) is 0 Å². The molecular weight excluding hydrogens is 276 g/mol. The molecule has 1 amide bonds. The Balaban J connectivity index is 2.17. The second-order valence-corrected chi connectivity index (χ2v) is 6.77. The molecule has 4 heteroatoms. The fourth-order valence-electron chi connectivity index (χ4n) is 3.16. The molecule has 1 unspecified atom stereocenters. The number of rotatable bonds is 5. The van der Waals surface area contributed by atoms with Crippen LogP contribution >= 0.6 is 0 Å². The second-order valence-electron chi connectivity index (χ2n) is 6.77. The molecule has 0 aliphatic carbocycles. The number of aryl methyl sites for hydroxylation is 1. The van der Waals surface area contributed by atoms with Gasteiger partial charge in [-0.1, -0.05) is 25.1 Å². The Bertz CT molecular complexity index is 522. The summed E-state index contributed by atoms with van der Waals surface area (Å²) in [4.78, 5) is 16.9. The van der Waals surface area contributed by atoms with Crippen LogP contribution in [0.2, 0.25) is 0 Å². The first-order valence-electron chi connectivity index (χ1n) is 8.19. The number of carbonyl (C=O) groups excluding carboxylic acids is 1. The molecule has 1 aromatic carbocycles. The zero-order chi connectivity index (χ0) is 16.3. The summed E-state index contributed by atoms with van der Waals surface area (Å²) in [6.07, 6.45) is 2.04. The number of anilines is 1. The van der Waals surface area contributed by atoms with E-state index in [2.05, 4.69) is 6.07 Å². The average Bonchev–Trinajstić information content (AvgIpc) is 2.49. The van der Waals surface area contributed by atoms with E-state index in [1.165, 1.54) is 5.56 Å². The predicted molar refractivity (Wildman–Crippen MR) is 90.1 cm³/mol. The van der Waals surface area contributed by atoms with Crippen LogP contribution < -0.4 is 4.90 Å². The Labute approximate surface area is 133 Å². The first-order valence-corrected chi connectivity index (χ1v) is 8.19. The highest BCUT2D eigenvalue weighted by molar-refractivity contribution is 5.98. The number of benzene rings is 1. The van der Waals surface area contributed by atoms with E-state index in [0.717, 1.165) is 31.6 Å². The third-order valence-electron chi connectivity index (χ3n) is 4.28. The fraction of sp³-hybridized carbons (Fsp3) is 0.611. The molecule has 1 N–H and O–H groups in total. The summed E-state index contributed by atoms with van der Waals surface area (Å²) in [5.74, 6) is 0.123. The minimum Gasteiger partial charge on any atom is -0.389 e. The Kier molecular flexibility index (Phi) is 5.24. The van der Waals surface area contributed by atoms with Crippen molar-refractivity contribution in [3.05, 3.63) is 29.8 Å². The van der Waals surface area contributed by atoms with Crippen molar-refractivity contribution < 1.29 is 9.90 Å². The summed E-state index contributed by atoms with van der Waals surface area (Å²) in [7, 11) is 0. The fourth-order valence-corrected chi connectivity index (χ4v) is 3.16. The van der Waals surface area contributed by atoms with Gasteiger partial charge in [-0.3, -0.25) is 9.69 Å². The molecular formula is C18H28N2O2. The molecule has 4 nitrogen and oxygen atoms in total. The van der Waals surface area contributed by atoms with Crippen LogP contribution in [0.5, 0.6) is 0 Å². The number of aliphatic hydroxyl groups is 1. The highest BCUT2D eigenvalue weighted by atomic mass is 16.3. The van der Waals surface area contributed by atoms with Crippen LogP contribution in [-0.4, -0.2) is 47.2 Å². The summed E-state index contributed by atoms with van der Waals surface area (Å²) < 4.78 is 0. The van der Waals surface area contributed by atoms with Crippen molar-refractivity contribution in [1.82, 2.24) is 4.90 Å². The molecule has 1 aromatic rings. The van der Waals surface area contributed by atoms with Gasteiger partial charge in [0, 0.05) is 18.8 Å². The van der Waals surface area contributed by atoms with E-state index in [9.17, 15) is 9.90 Å². The monoisotopic (exact) mass is 304 g/mol. The predicted octanol–water partition coefficient (Wildman–Crippen LogP) is 2.45. The van der Waals surface area contributed by atoms with E-state index in [-0.39, 0.29) is 11.9 Å². The molecule has 1 aliphatic rings. The third-order valence-corrected chi connectivity index (χ3v) is 4.28. The second kappa shape index (κ2) is 6.80. The van der Waals surface area contributed by atoms with Gasteiger partial charge in [-0.2, -0.15) is 0 Å². The standard InChI is InChI=1S/C18H28N2O2/c1-5-19(13-18(3,4)22)14(2)17(21)20-12-8-10-15-9-6-7-11-16(15)20/h6-7,9,11,14,22H,5,8,10,12-13H2,1-4H3. The van der Waals surface area contributed by atoms with Crippen LogP contribution in [0.15, 0.2) is 24.3 Å². The molecule has 1 heterocycles. The lowest BCUT2D eigenvalue weighted by molar-refractivity contribution is -0.124. The molecule has 0 aromatic heterocycles. The van der Waals surface area contributed by atoms with E-state index in [1.54, 1.807) is 13.8 Å². The van der Waals surface area contributed by atoms with Crippen molar-refractivity contribution in [2.75, 3.05) is 24.5 Å². The number of amides is 1. The number of carbonyl (C=O) groups is 1. The molecule has 0 fully saturated rings. The Morgan fingerprint density at radius 1 is 1.41 bits per heavy atom. The van der Waals surface area contributed by atoms with Gasteiger partial charge in [-0.05, 0) is 51.8 Å². The van der Waals surface area contributed by atoms with Crippen LogP contribution in [-0.2, 0) is 11.2 Å². The molecule has 0 bridgehead atoms. The quantitative estimate of drug-likeness (QED) is 0.909. The lowest BCUT2D eigenvalue weighted by Crippen LogP contribution is -2.52. The smallest absolute Gasteiger partial charge is 0.244 e. The van der Waals surface area contributed by atoms with E-state index < -0.39 is 5.60 Å². The Morgan fingerprint density at radius 2 is 2.09 bits per heavy atom. The Hall–Kier alpha value is -1.39. The highest BCUT2D eigenvalue weighted by Gasteiger charge is 2.31. The molecule has 0 saturated carbocycles. The van der Waals surface area contributed by atoms with Gasteiger partial charge in [0.15, 0.2) is 0 Å². The van der Waals surface area contributed by atoms with Crippen molar-refractivity contribution in [2.24, 2.45) is 0 Å². The van der Waals surface area contributed by atoms with Crippen LogP contribution in [0.4, 0.5) is 5.69 Å². The molecule has 122 valence electrons. The molecule has 0 saturated heterocycles. The summed E-state index contributed by atoms with van der Waals surface area (Å²) in [5, 5.41) is 10.1. The summed E-state index contributed by atoms with van der Waals surface area (Å²) in [5.41, 5.74) is 1.49. The number of fused-ring (bicyclic) bond motifs is 1. The van der Waals surface area contributed by atoms with Gasteiger partial charge >= 0.3 is 0 Å². The largest absolute Gasteiger partial charge is 0.389 e. The van der Waals surface area contributed by atoms with E-state index in [0.29, 0.717) is 6.54 Å². The van der Waals surface area contributed by atoms with Crippen LogP contribution in [0.25, 0.3) is 0 Å². The van der Waals surface area contributed by atoms with Gasteiger partial charge in [0.25, 0.3) is 0 Å². The van der Waals surface area contributed by atoms with E-state index >= 15 is 0 Å². The van der Waals surface area contributed by atoms with Crippen LogP contribution in [0.3, 0.4) is 0 Å². The maximum absolute atomic E-state index is 12.9. The zero-order valence-corrected chi connectivity index (χ0v) is 14.2. The van der Waals surface area contributed by atoms with Gasteiger partial charge in [0.2, 0.25) is 5.91 Å². The summed E-state index contributed by atoms with van der Waals surface area (Å²) >= 11 is 0. The summed E-state index contributed by atoms with van der Waals surface area (Å²) in [6.45, 7) is 9.54. The first kappa shape index (κ1) is 17.0. The first-order chi connectivity index (χ1) is 10.3. The maximum atomic E-state index is 12.9. The SMILES string of the molecule is CCN(CC(C)(C)O)C(C)C(=O)N1CCCc2ccccc21. The third kappa shape index (κ3) is 3.87. The highest BCUT2D eigenvalue weighted by Crippen LogP contribution is 2.27. The lowest BCUT2D eigenvalue weighted by atomic mass is 10.0.